The van der Waals surface area contributed by atoms with Crippen molar-refractivity contribution in [2.75, 3.05) is 5.75 Å². The van der Waals surface area contributed by atoms with E-state index in [4.69, 9.17) is 21.3 Å². The summed E-state index contributed by atoms with van der Waals surface area (Å²) < 4.78 is 6.51. The number of amidine groups is 1. The molecule has 1 spiro atoms. The second kappa shape index (κ2) is 7.62. The zero-order chi connectivity index (χ0) is 20.6. The van der Waals surface area contributed by atoms with Crippen molar-refractivity contribution in [2.45, 2.75) is 43.9 Å². The van der Waals surface area contributed by atoms with Gasteiger partial charge in [0.05, 0.1) is 0 Å². The third-order valence-electron chi connectivity index (χ3n) is 5.27. The number of phenols is 1. The molecule has 0 radical (unpaired) electrons. The Bertz CT molecular complexity index is 958. The molecule has 4 nitrogen and oxygen atoms in total. The number of halogens is 1. The molecule has 2 aliphatic rings. The van der Waals surface area contributed by atoms with E-state index in [1.165, 1.54) is 0 Å². The number of thioether (sulfide) groups is 1. The van der Waals surface area contributed by atoms with Crippen LogP contribution in [0.5, 0.6) is 11.5 Å². The monoisotopic (exact) mass is 428 g/mol. The zero-order valence-corrected chi connectivity index (χ0v) is 18.2. The highest BCUT2D eigenvalue weighted by Gasteiger charge is 2.48. The Morgan fingerprint density at radius 1 is 1.31 bits per heavy atom. The lowest BCUT2D eigenvalue weighted by molar-refractivity contribution is 0.0134. The standard InChI is InChI=1S/C23H25ClN2O2S/c1-4-11-29-21-25-22(2,3)14-23(26-21)13-19(15-5-7-16(24)8-6-15)18-10-9-17(27)12-20(18)28-23/h4-10,12,19,27H,1,11,13-14H2,2-3H3,(H,25,26)/t19-,23+/m1/s1. The number of nitrogens with zero attached hydrogens (tertiary/aromatic N) is 1. The molecule has 2 aliphatic heterocycles. The van der Waals surface area contributed by atoms with Crippen molar-refractivity contribution in [1.82, 2.24) is 5.32 Å². The lowest BCUT2D eigenvalue weighted by Crippen LogP contribution is -2.57. The van der Waals surface area contributed by atoms with Crippen LogP contribution in [0.4, 0.5) is 0 Å². The van der Waals surface area contributed by atoms with Gasteiger partial charge in [0.15, 0.2) is 5.17 Å². The van der Waals surface area contributed by atoms with E-state index in [9.17, 15) is 5.11 Å². The largest absolute Gasteiger partial charge is 0.508 e. The molecule has 0 saturated carbocycles. The van der Waals surface area contributed by atoms with Crippen LogP contribution in [-0.2, 0) is 0 Å². The summed E-state index contributed by atoms with van der Waals surface area (Å²) in [4.78, 5) is 5.02. The van der Waals surface area contributed by atoms with Gasteiger partial charge in [0.1, 0.15) is 11.5 Å². The summed E-state index contributed by atoms with van der Waals surface area (Å²) in [7, 11) is 0. The summed E-state index contributed by atoms with van der Waals surface area (Å²) in [5.74, 6) is 1.75. The van der Waals surface area contributed by atoms with Crippen LogP contribution < -0.4 is 10.1 Å². The average molecular weight is 429 g/mol. The highest BCUT2D eigenvalue weighted by molar-refractivity contribution is 8.13. The van der Waals surface area contributed by atoms with Gasteiger partial charge >= 0.3 is 0 Å². The van der Waals surface area contributed by atoms with Gasteiger partial charge in [-0.2, -0.15) is 0 Å². The number of hydrogen-bond donors (Lipinski definition) is 2. The maximum Gasteiger partial charge on any atom is 0.206 e. The number of fused-ring (bicyclic) bond motifs is 1. The van der Waals surface area contributed by atoms with Crippen LogP contribution in [0.25, 0.3) is 0 Å². The van der Waals surface area contributed by atoms with Gasteiger partial charge in [0, 0.05) is 46.7 Å². The molecule has 0 saturated heterocycles. The molecule has 0 fully saturated rings. The summed E-state index contributed by atoms with van der Waals surface area (Å²) in [5.41, 5.74) is 1.34. The van der Waals surface area contributed by atoms with Crippen molar-refractivity contribution in [3.05, 3.63) is 71.3 Å². The number of rotatable bonds is 3. The molecule has 2 N–H and O–H groups in total. The molecule has 0 aliphatic carbocycles. The lowest BCUT2D eigenvalue weighted by atomic mass is 9.78. The van der Waals surface area contributed by atoms with Crippen molar-refractivity contribution in [1.29, 1.82) is 0 Å². The average Bonchev–Trinajstić information content (AvgIpc) is 2.64. The number of hydrogen-bond acceptors (Lipinski definition) is 5. The lowest BCUT2D eigenvalue weighted by Gasteiger charge is -2.47. The van der Waals surface area contributed by atoms with E-state index in [-0.39, 0.29) is 17.2 Å². The van der Waals surface area contributed by atoms with Crippen molar-refractivity contribution >= 4 is 28.5 Å². The minimum Gasteiger partial charge on any atom is -0.508 e. The predicted octanol–water partition coefficient (Wildman–Crippen LogP) is 5.70. The molecule has 0 bridgehead atoms. The van der Waals surface area contributed by atoms with E-state index in [0.29, 0.717) is 10.8 Å². The topological polar surface area (TPSA) is 53.9 Å². The molecule has 0 amide bonds. The van der Waals surface area contributed by atoms with Gasteiger partial charge in [-0.1, -0.05) is 47.6 Å². The molecule has 29 heavy (non-hydrogen) atoms. The molecule has 2 atom stereocenters. The van der Waals surface area contributed by atoms with Crippen LogP contribution in [0.3, 0.4) is 0 Å². The van der Waals surface area contributed by atoms with E-state index in [1.807, 2.05) is 24.3 Å². The zero-order valence-electron chi connectivity index (χ0n) is 16.6. The summed E-state index contributed by atoms with van der Waals surface area (Å²) in [5, 5.41) is 15.2. The van der Waals surface area contributed by atoms with Gasteiger partial charge in [0.2, 0.25) is 5.72 Å². The second-order valence-electron chi connectivity index (χ2n) is 8.28. The van der Waals surface area contributed by atoms with Crippen molar-refractivity contribution < 1.29 is 9.84 Å². The first kappa shape index (κ1) is 20.2. The van der Waals surface area contributed by atoms with Crippen LogP contribution in [0.15, 0.2) is 60.1 Å². The van der Waals surface area contributed by atoms with Gasteiger partial charge in [-0.25, -0.2) is 4.99 Å². The number of aromatic hydroxyl groups is 1. The molecule has 4 rings (SSSR count). The summed E-state index contributed by atoms with van der Waals surface area (Å²) >= 11 is 7.74. The molecule has 152 valence electrons. The molecule has 6 heteroatoms. The summed E-state index contributed by atoms with van der Waals surface area (Å²) in [6, 6.07) is 13.3. The smallest absolute Gasteiger partial charge is 0.206 e. The van der Waals surface area contributed by atoms with Crippen LogP contribution in [0.1, 0.15) is 43.7 Å². The highest BCUT2D eigenvalue weighted by atomic mass is 35.5. The first-order valence-corrected chi connectivity index (χ1v) is 11.0. The van der Waals surface area contributed by atoms with E-state index in [0.717, 1.165) is 34.9 Å². The predicted molar refractivity (Wildman–Crippen MR) is 121 cm³/mol. The fourth-order valence-corrected chi connectivity index (χ4v) is 5.21. The van der Waals surface area contributed by atoms with E-state index in [1.54, 1.807) is 23.9 Å². The van der Waals surface area contributed by atoms with Gasteiger partial charge < -0.3 is 15.2 Å². The minimum absolute atomic E-state index is 0.0971. The van der Waals surface area contributed by atoms with Crippen molar-refractivity contribution in [3.8, 4) is 11.5 Å². The Kier molecular flexibility index (Phi) is 5.30. The minimum atomic E-state index is -0.705. The number of benzene rings is 2. The first-order valence-electron chi connectivity index (χ1n) is 9.68. The first-order chi connectivity index (χ1) is 13.8. The van der Waals surface area contributed by atoms with Crippen LogP contribution in [0, 0.1) is 0 Å². The normalized spacial score (nSPS) is 24.8. The van der Waals surface area contributed by atoms with E-state index in [2.05, 4.69) is 37.9 Å². The Morgan fingerprint density at radius 2 is 2.07 bits per heavy atom. The van der Waals surface area contributed by atoms with Gasteiger partial charge in [-0.15, -0.1) is 6.58 Å². The van der Waals surface area contributed by atoms with Gasteiger partial charge in [-0.05, 0) is 37.6 Å². The maximum atomic E-state index is 10.1. The maximum absolute atomic E-state index is 10.1. The fraction of sp³-hybridized carbons (Fsp3) is 0.348. The van der Waals surface area contributed by atoms with Crippen molar-refractivity contribution in [2.24, 2.45) is 4.99 Å². The highest BCUT2D eigenvalue weighted by Crippen LogP contribution is 2.49. The molecule has 0 aromatic heterocycles. The third-order valence-corrected chi connectivity index (χ3v) is 6.40. The number of ether oxygens (including phenoxy) is 1. The number of aliphatic imine (C=N–C) groups is 1. The fourth-order valence-electron chi connectivity index (χ4n) is 4.23. The van der Waals surface area contributed by atoms with Crippen LogP contribution in [-0.4, -0.2) is 27.3 Å². The van der Waals surface area contributed by atoms with Crippen LogP contribution in [0.2, 0.25) is 5.02 Å². The molecule has 2 aromatic rings. The third kappa shape index (κ3) is 4.26. The Balaban J connectivity index is 1.81. The second-order valence-corrected chi connectivity index (χ2v) is 9.73. The van der Waals surface area contributed by atoms with Gasteiger partial charge in [-0.3, -0.25) is 0 Å². The molecule has 0 unspecified atom stereocenters. The summed E-state index contributed by atoms with van der Waals surface area (Å²) in [6.07, 6.45) is 3.31. The SMILES string of the molecule is C=CCSC1=N[C@]2(C[C@H](c3ccc(Cl)cc3)c3ccc(O)cc3O2)CC(C)(C)N1. The summed E-state index contributed by atoms with van der Waals surface area (Å²) in [6.45, 7) is 8.14. The Labute approximate surface area is 181 Å². The number of nitrogens with one attached hydrogen (secondary N) is 1. The molecule has 2 heterocycles. The van der Waals surface area contributed by atoms with Crippen molar-refractivity contribution in [3.63, 3.8) is 0 Å². The number of phenolic OH excluding ortho intramolecular Hbond substituents is 1. The van der Waals surface area contributed by atoms with E-state index >= 15 is 0 Å². The van der Waals surface area contributed by atoms with Gasteiger partial charge in [0.25, 0.3) is 0 Å². The van der Waals surface area contributed by atoms with Crippen LogP contribution >= 0.6 is 23.4 Å². The molecular formula is C23H25ClN2O2S. The Morgan fingerprint density at radius 3 is 2.79 bits per heavy atom. The quantitative estimate of drug-likeness (QED) is 0.615. The van der Waals surface area contributed by atoms with E-state index < -0.39 is 5.72 Å². The molecular weight excluding hydrogens is 404 g/mol. The Hall–Kier alpha value is -2.11. The molecule has 2 aromatic carbocycles.